The van der Waals surface area contributed by atoms with Gasteiger partial charge >= 0.3 is 0 Å². The molecule has 6 heteroatoms. The Balaban J connectivity index is 1.92. The summed E-state index contributed by atoms with van der Waals surface area (Å²) >= 11 is 0. The van der Waals surface area contributed by atoms with Crippen LogP contribution in [0.5, 0.6) is 0 Å². The molecular formula is C17H20N4O2. The summed E-state index contributed by atoms with van der Waals surface area (Å²) in [7, 11) is 1.74. The Labute approximate surface area is 135 Å². The highest BCUT2D eigenvalue weighted by atomic mass is 16.5. The topological polar surface area (TPSA) is 58.6 Å². The standard InChI is InChI=1S/C17H20N4O2/c1-13-5-3-7-18-15(13)20(2)17(22)14-6-4-8-19-16(14)21-9-11-23-12-10-21/h3-8H,9-12H2,1-2H3. The van der Waals surface area contributed by atoms with Crippen LogP contribution < -0.4 is 9.80 Å². The van der Waals surface area contributed by atoms with E-state index in [0.717, 1.165) is 18.7 Å². The number of carbonyl (C=O) groups excluding carboxylic acids is 1. The lowest BCUT2D eigenvalue weighted by molar-refractivity contribution is 0.0990. The number of anilines is 2. The van der Waals surface area contributed by atoms with Gasteiger partial charge in [0.25, 0.3) is 5.91 Å². The minimum atomic E-state index is -0.110. The molecule has 0 aromatic carbocycles. The predicted molar refractivity (Wildman–Crippen MR) is 89.0 cm³/mol. The number of aromatic nitrogens is 2. The van der Waals surface area contributed by atoms with E-state index in [2.05, 4.69) is 14.9 Å². The number of hydrogen-bond donors (Lipinski definition) is 0. The van der Waals surface area contributed by atoms with Crippen molar-refractivity contribution in [2.75, 3.05) is 43.2 Å². The molecular weight excluding hydrogens is 292 g/mol. The van der Waals surface area contributed by atoms with E-state index in [9.17, 15) is 4.79 Å². The summed E-state index contributed by atoms with van der Waals surface area (Å²) in [6, 6.07) is 7.41. The van der Waals surface area contributed by atoms with Crippen molar-refractivity contribution in [1.82, 2.24) is 9.97 Å². The highest BCUT2D eigenvalue weighted by Crippen LogP contribution is 2.23. The normalized spacial score (nSPS) is 14.6. The van der Waals surface area contributed by atoms with E-state index < -0.39 is 0 Å². The predicted octanol–water partition coefficient (Wildman–Crippen LogP) is 1.90. The van der Waals surface area contributed by atoms with Crippen LogP contribution in [0, 0.1) is 6.92 Å². The van der Waals surface area contributed by atoms with Crippen LogP contribution in [-0.4, -0.2) is 49.2 Å². The van der Waals surface area contributed by atoms with E-state index in [1.807, 2.05) is 25.1 Å². The molecule has 3 heterocycles. The van der Waals surface area contributed by atoms with Crippen LogP contribution in [0.2, 0.25) is 0 Å². The molecule has 0 saturated carbocycles. The highest BCUT2D eigenvalue weighted by Gasteiger charge is 2.23. The number of hydrogen-bond acceptors (Lipinski definition) is 5. The van der Waals surface area contributed by atoms with Gasteiger partial charge in [0.15, 0.2) is 0 Å². The molecule has 1 aliphatic heterocycles. The van der Waals surface area contributed by atoms with Crippen LogP contribution in [0.4, 0.5) is 11.6 Å². The number of morpholine rings is 1. The summed E-state index contributed by atoms with van der Waals surface area (Å²) in [6.07, 6.45) is 3.41. The first-order valence-corrected chi connectivity index (χ1v) is 7.66. The van der Waals surface area contributed by atoms with Gasteiger partial charge in [0, 0.05) is 32.5 Å². The van der Waals surface area contributed by atoms with Gasteiger partial charge in [-0.25, -0.2) is 9.97 Å². The molecule has 2 aromatic heterocycles. The molecule has 0 unspecified atom stereocenters. The second-order valence-electron chi connectivity index (χ2n) is 5.48. The third-order valence-electron chi connectivity index (χ3n) is 3.93. The average molecular weight is 312 g/mol. The van der Waals surface area contributed by atoms with Crippen molar-refractivity contribution in [1.29, 1.82) is 0 Å². The summed E-state index contributed by atoms with van der Waals surface area (Å²) < 4.78 is 5.38. The fourth-order valence-corrected chi connectivity index (χ4v) is 2.70. The molecule has 1 aliphatic rings. The molecule has 0 radical (unpaired) electrons. The lowest BCUT2D eigenvalue weighted by Crippen LogP contribution is -2.39. The maximum Gasteiger partial charge on any atom is 0.262 e. The Bertz CT molecular complexity index is 698. The zero-order valence-electron chi connectivity index (χ0n) is 13.4. The van der Waals surface area contributed by atoms with Crippen molar-refractivity contribution >= 4 is 17.5 Å². The first-order valence-electron chi connectivity index (χ1n) is 7.66. The maximum atomic E-state index is 12.9. The second kappa shape index (κ2) is 6.75. The van der Waals surface area contributed by atoms with E-state index in [1.165, 1.54) is 0 Å². The van der Waals surface area contributed by atoms with Crippen LogP contribution >= 0.6 is 0 Å². The largest absolute Gasteiger partial charge is 0.378 e. The second-order valence-corrected chi connectivity index (χ2v) is 5.48. The van der Waals surface area contributed by atoms with E-state index in [0.29, 0.717) is 30.4 Å². The molecule has 0 N–H and O–H groups in total. The fourth-order valence-electron chi connectivity index (χ4n) is 2.70. The van der Waals surface area contributed by atoms with Crippen molar-refractivity contribution in [2.45, 2.75) is 6.92 Å². The summed E-state index contributed by atoms with van der Waals surface area (Å²) in [6.45, 7) is 4.73. The Hall–Kier alpha value is -2.47. The Morgan fingerprint density at radius 2 is 1.87 bits per heavy atom. The number of nitrogens with zero attached hydrogens (tertiary/aromatic N) is 4. The van der Waals surface area contributed by atoms with Gasteiger partial charge in [-0.2, -0.15) is 0 Å². The number of amides is 1. The van der Waals surface area contributed by atoms with Crippen molar-refractivity contribution in [3.8, 4) is 0 Å². The fraction of sp³-hybridized carbons (Fsp3) is 0.353. The third kappa shape index (κ3) is 3.17. The van der Waals surface area contributed by atoms with Gasteiger partial charge in [0.1, 0.15) is 11.6 Å². The third-order valence-corrected chi connectivity index (χ3v) is 3.93. The first kappa shape index (κ1) is 15.4. The van der Waals surface area contributed by atoms with E-state index in [-0.39, 0.29) is 5.91 Å². The van der Waals surface area contributed by atoms with Crippen LogP contribution in [0.25, 0.3) is 0 Å². The summed E-state index contributed by atoms with van der Waals surface area (Å²) in [5.41, 5.74) is 1.54. The van der Waals surface area contributed by atoms with Crippen LogP contribution in [-0.2, 0) is 4.74 Å². The van der Waals surface area contributed by atoms with E-state index in [1.54, 1.807) is 30.4 Å². The van der Waals surface area contributed by atoms with Crippen molar-refractivity contribution in [3.63, 3.8) is 0 Å². The summed E-state index contributed by atoms with van der Waals surface area (Å²) in [5.74, 6) is 1.26. The average Bonchev–Trinajstić information content (AvgIpc) is 2.62. The van der Waals surface area contributed by atoms with Crippen LogP contribution in [0.1, 0.15) is 15.9 Å². The number of pyridine rings is 2. The SMILES string of the molecule is Cc1cccnc1N(C)C(=O)c1cccnc1N1CCOCC1. The molecule has 1 fully saturated rings. The lowest BCUT2D eigenvalue weighted by Gasteiger charge is -2.29. The molecule has 3 rings (SSSR count). The Kier molecular flexibility index (Phi) is 4.52. The first-order chi connectivity index (χ1) is 11.2. The Morgan fingerprint density at radius 1 is 1.17 bits per heavy atom. The summed E-state index contributed by atoms with van der Waals surface area (Å²) in [5, 5.41) is 0. The van der Waals surface area contributed by atoms with E-state index >= 15 is 0 Å². The Morgan fingerprint density at radius 3 is 2.61 bits per heavy atom. The van der Waals surface area contributed by atoms with Gasteiger partial charge in [-0.1, -0.05) is 6.07 Å². The molecule has 6 nitrogen and oxygen atoms in total. The molecule has 1 saturated heterocycles. The molecule has 0 aliphatic carbocycles. The van der Waals surface area contributed by atoms with Gasteiger partial charge in [0.05, 0.1) is 18.8 Å². The molecule has 2 aromatic rings. The quantitative estimate of drug-likeness (QED) is 0.866. The zero-order chi connectivity index (χ0) is 16.2. The van der Waals surface area contributed by atoms with Gasteiger partial charge in [-0.15, -0.1) is 0 Å². The summed E-state index contributed by atoms with van der Waals surface area (Å²) in [4.78, 5) is 25.4. The molecule has 0 spiro atoms. The van der Waals surface area contributed by atoms with Crippen molar-refractivity contribution in [3.05, 3.63) is 47.8 Å². The smallest absolute Gasteiger partial charge is 0.262 e. The van der Waals surface area contributed by atoms with Gasteiger partial charge in [-0.05, 0) is 30.7 Å². The van der Waals surface area contributed by atoms with E-state index in [4.69, 9.17) is 4.74 Å². The van der Waals surface area contributed by atoms with Crippen molar-refractivity contribution < 1.29 is 9.53 Å². The van der Waals surface area contributed by atoms with Crippen LogP contribution in [0.3, 0.4) is 0 Å². The van der Waals surface area contributed by atoms with Gasteiger partial charge in [-0.3, -0.25) is 9.69 Å². The minimum Gasteiger partial charge on any atom is -0.378 e. The van der Waals surface area contributed by atoms with Gasteiger partial charge in [0.2, 0.25) is 0 Å². The van der Waals surface area contributed by atoms with Gasteiger partial charge < -0.3 is 9.64 Å². The number of aryl methyl sites for hydroxylation is 1. The van der Waals surface area contributed by atoms with Crippen LogP contribution in [0.15, 0.2) is 36.7 Å². The van der Waals surface area contributed by atoms with Crippen molar-refractivity contribution in [2.24, 2.45) is 0 Å². The molecule has 0 bridgehead atoms. The lowest BCUT2D eigenvalue weighted by atomic mass is 10.2. The number of rotatable bonds is 3. The minimum absolute atomic E-state index is 0.110. The monoisotopic (exact) mass is 312 g/mol. The molecule has 1 amide bonds. The highest BCUT2D eigenvalue weighted by molar-refractivity contribution is 6.08. The zero-order valence-corrected chi connectivity index (χ0v) is 13.4. The maximum absolute atomic E-state index is 12.9. The number of ether oxygens (including phenoxy) is 1. The molecule has 23 heavy (non-hydrogen) atoms. The number of carbonyl (C=O) groups is 1. The molecule has 120 valence electrons. The molecule has 0 atom stereocenters.